The highest BCUT2D eigenvalue weighted by Crippen LogP contribution is 2.50. The van der Waals surface area contributed by atoms with Gasteiger partial charge in [-0.1, -0.05) is 58.4 Å². The Kier molecular flexibility index (Phi) is 17.9. The number of methoxy groups -OCH3 is 1. The summed E-state index contributed by atoms with van der Waals surface area (Å²) < 4.78 is 99.7. The first-order chi connectivity index (χ1) is 39.8. The Labute approximate surface area is 480 Å². The maximum Gasteiger partial charge on any atom is 0.418 e. The van der Waals surface area contributed by atoms with Gasteiger partial charge in [0.05, 0.1) is 69.7 Å². The van der Waals surface area contributed by atoms with Gasteiger partial charge >= 0.3 is 48.7 Å². The van der Waals surface area contributed by atoms with Crippen LogP contribution in [-0.2, 0) is 30.2 Å². The molecular weight excluding hydrogens is 1070 g/mol. The largest absolute Gasteiger partial charge is 0.418 e. The van der Waals surface area contributed by atoms with Crippen LogP contribution in [0.3, 0.4) is 0 Å². The van der Waals surface area contributed by atoms with Gasteiger partial charge < -0.3 is 4.74 Å². The van der Waals surface area contributed by atoms with Crippen molar-refractivity contribution in [2.24, 2.45) is 50.0 Å². The number of hydrogen-bond donors (Lipinski definition) is 0. The summed E-state index contributed by atoms with van der Waals surface area (Å²) in [6.45, 7) is 13.2. The zero-order valence-corrected chi connectivity index (χ0v) is 48.5. The molecule has 4 atom stereocenters. The van der Waals surface area contributed by atoms with Crippen molar-refractivity contribution in [3.05, 3.63) is 152 Å². The number of alkyl halides is 6. The first-order valence-corrected chi connectivity index (χ1v) is 29.3. The van der Waals surface area contributed by atoms with E-state index in [0.717, 1.165) is 116 Å². The summed E-state index contributed by atoms with van der Waals surface area (Å²) in [4.78, 5) is 31.6. The lowest BCUT2D eigenvalue weighted by atomic mass is 9.66. The molecule has 0 spiro atoms. The van der Waals surface area contributed by atoms with Gasteiger partial charge in [0.1, 0.15) is 0 Å². The minimum absolute atomic E-state index is 0.00297. The van der Waals surface area contributed by atoms with Gasteiger partial charge in [-0.25, -0.2) is 18.7 Å². The molecule has 83 heavy (non-hydrogen) atoms. The molecule has 0 N–H and O–H groups in total. The van der Waals surface area contributed by atoms with Gasteiger partial charge in [-0.2, -0.15) is 26.3 Å². The van der Waals surface area contributed by atoms with Crippen LogP contribution in [-0.4, -0.2) is 104 Å². The van der Waals surface area contributed by atoms with E-state index in [2.05, 4.69) is 44.1 Å². The van der Waals surface area contributed by atoms with Crippen molar-refractivity contribution in [1.29, 1.82) is 0 Å². The number of likely N-dealkylation sites (tertiary alicyclic amines) is 2. The number of pyridine rings is 2. The molecule has 2 aromatic carbocycles. The number of nitrogens with zero attached hydrogens (tertiary/aromatic N) is 12. The number of aromatic nitrogens is 4. The molecular formula is C62H76F6N12O3+2. The fourth-order valence-corrected chi connectivity index (χ4v) is 13.2. The highest BCUT2D eigenvalue weighted by molar-refractivity contribution is 5.60. The molecule has 4 fully saturated rings. The third kappa shape index (κ3) is 12.8. The third-order valence-corrected chi connectivity index (χ3v) is 17.4. The maximum absolute atomic E-state index is 14.3. The van der Waals surface area contributed by atoms with Gasteiger partial charge in [-0.05, 0) is 163 Å². The SMILES string of the molecule is CC.COCC1CC([C@H]([C]2N=NC=[N+]2C)c2cccc(-n3cc4c(C(F)(F)F)cc(CN5CCC[C@H](C)C5)cn4c3=O)c2)C1.C[C@@H]1CCCN(Cc2cc(C(F)(F)F)c3cn(-c4cccc([C@H]([C]5N=NC=[N+]5C)C5CCC5)c4)c(=O)n3c2)C1. The molecule has 4 aliphatic heterocycles. The predicted molar refractivity (Wildman–Crippen MR) is 306 cm³/mol. The van der Waals surface area contributed by atoms with Crippen LogP contribution >= 0.6 is 0 Å². The summed E-state index contributed by atoms with van der Waals surface area (Å²) in [5.74, 6) is 2.13. The van der Waals surface area contributed by atoms with Crippen molar-refractivity contribution in [2.75, 3.05) is 54.0 Å². The van der Waals surface area contributed by atoms with Crippen LogP contribution in [0.15, 0.2) is 115 Å². The second kappa shape index (κ2) is 24.9. The molecule has 6 aliphatic rings. The van der Waals surface area contributed by atoms with Gasteiger partial charge in [0, 0.05) is 64.7 Å². The molecule has 6 aromatic rings. The summed E-state index contributed by atoms with van der Waals surface area (Å²) in [5.41, 5.74) is 1.02. The molecule has 4 aromatic heterocycles. The summed E-state index contributed by atoms with van der Waals surface area (Å²) in [7, 11) is 5.53. The molecule has 0 amide bonds. The lowest BCUT2D eigenvalue weighted by Gasteiger charge is -2.40. The van der Waals surface area contributed by atoms with Crippen LogP contribution in [0.1, 0.15) is 131 Å². The quantitative estimate of drug-likeness (QED) is 0.0794. The Morgan fingerprint density at radius 2 is 1.06 bits per heavy atom. The molecule has 442 valence electrons. The Balaban J connectivity index is 0.000000181. The van der Waals surface area contributed by atoms with E-state index in [1.807, 2.05) is 73.5 Å². The van der Waals surface area contributed by atoms with E-state index in [1.165, 1.54) is 33.7 Å². The van der Waals surface area contributed by atoms with Crippen LogP contribution in [0.4, 0.5) is 26.3 Å². The number of azo groups is 2. The number of hydrogen-bond acceptors (Lipinski definition) is 9. The fraction of sp³-hybridized carbons (Fsp3) is 0.516. The Morgan fingerprint density at radius 1 is 0.614 bits per heavy atom. The summed E-state index contributed by atoms with van der Waals surface area (Å²) in [6, 6.07) is 17.4. The number of fused-ring (bicyclic) bond motifs is 2. The highest BCUT2D eigenvalue weighted by Gasteiger charge is 2.46. The molecule has 21 heteroatoms. The lowest BCUT2D eigenvalue weighted by Crippen LogP contribution is -2.35. The maximum atomic E-state index is 14.3. The number of halogens is 6. The normalized spacial score (nSPS) is 22.6. The lowest BCUT2D eigenvalue weighted by molar-refractivity contribution is -0.480. The van der Waals surface area contributed by atoms with Crippen molar-refractivity contribution in [2.45, 2.75) is 123 Å². The number of rotatable bonds is 14. The van der Waals surface area contributed by atoms with Gasteiger partial charge in [-0.3, -0.25) is 27.7 Å². The smallest absolute Gasteiger partial charge is 0.384 e. The van der Waals surface area contributed by atoms with Crippen LogP contribution < -0.4 is 11.4 Å². The second-order valence-corrected chi connectivity index (χ2v) is 23.5. The molecule has 2 saturated carbocycles. The van der Waals surface area contributed by atoms with E-state index in [0.29, 0.717) is 71.8 Å². The van der Waals surface area contributed by atoms with Crippen LogP contribution in [0.2, 0.25) is 0 Å². The van der Waals surface area contributed by atoms with E-state index in [-0.39, 0.29) is 22.9 Å². The van der Waals surface area contributed by atoms with Crippen molar-refractivity contribution < 1.29 is 40.2 Å². The third-order valence-electron chi connectivity index (χ3n) is 17.4. The minimum atomic E-state index is -4.60. The summed E-state index contributed by atoms with van der Waals surface area (Å²) in [5, 5.41) is 16.9. The van der Waals surface area contributed by atoms with E-state index < -0.39 is 34.9 Å². The van der Waals surface area contributed by atoms with E-state index >= 15 is 0 Å². The average molecular weight is 1150 g/mol. The van der Waals surface area contributed by atoms with Crippen molar-refractivity contribution in [3.8, 4) is 11.4 Å². The van der Waals surface area contributed by atoms with Gasteiger partial charge in [0.25, 0.3) is 0 Å². The summed E-state index contributed by atoms with van der Waals surface area (Å²) >= 11 is 0. The molecule has 15 nitrogen and oxygen atoms in total. The Hall–Kier alpha value is -6.58. The molecule has 2 saturated heterocycles. The molecule has 8 heterocycles. The standard InChI is InChI=1S/C31H37F3N6O2.C29H33F3N6O.C2H6/c1-20-6-5-9-38(14-20)15-22-12-26(31(32,33)34)27-17-39(30(41)40(27)16-22)25-8-4-7-23(13-25)28(29-36-35-19-37(29)2)24-10-21(11-24)18-42-3;1-19-6-5-11-36(14-19)15-20-12-24(29(30,31)32)25-17-37(28(39)38(25)16-20)23-10-4-9-22(13-23)26(21-7-3-8-21)27-34-33-18-35(27)2;1-2/h4,7-8,12-13,16-17,19-21,24,28H,5-6,9-11,14-15,18H2,1-3H3;4,9-10,12-13,16-19,21,26H,3,5-8,11,14-15H2,1-2H3;1-2H3/q2*+1;/t20-,21?,24?,28+;19-,26-;/m01./s1. The number of likely N-dealkylation sites (N-methyl/N-ethyl adjacent to an activating group) is 2. The number of piperidine rings is 2. The Morgan fingerprint density at radius 3 is 1.43 bits per heavy atom. The zero-order chi connectivity index (χ0) is 58.9. The molecule has 12 rings (SSSR count). The highest BCUT2D eigenvalue weighted by atomic mass is 19.4. The van der Waals surface area contributed by atoms with E-state index in [1.54, 1.807) is 44.3 Å². The number of ether oxygens (including phenoxy) is 1. The second-order valence-electron chi connectivity index (χ2n) is 23.5. The zero-order valence-electron chi connectivity index (χ0n) is 48.5. The van der Waals surface area contributed by atoms with Gasteiger partial charge in [0.2, 0.25) is 0 Å². The van der Waals surface area contributed by atoms with E-state index in [4.69, 9.17) is 4.74 Å². The average Bonchev–Trinajstić information content (AvgIpc) is 3.04. The fourth-order valence-electron chi connectivity index (χ4n) is 13.2. The molecule has 0 bridgehead atoms. The topological polar surface area (TPSA) is 124 Å². The molecule has 0 unspecified atom stereocenters. The molecule has 2 aliphatic carbocycles. The number of benzene rings is 2. The van der Waals surface area contributed by atoms with Crippen LogP contribution in [0, 0.1) is 41.9 Å². The van der Waals surface area contributed by atoms with Crippen LogP contribution in [0.25, 0.3) is 22.4 Å². The number of imidazole rings is 2. The van der Waals surface area contributed by atoms with E-state index in [9.17, 15) is 35.9 Å². The van der Waals surface area contributed by atoms with Gasteiger partial charge in [0.15, 0.2) is 0 Å². The van der Waals surface area contributed by atoms with Crippen molar-refractivity contribution in [3.63, 3.8) is 0 Å². The van der Waals surface area contributed by atoms with Crippen molar-refractivity contribution >= 4 is 23.7 Å². The van der Waals surface area contributed by atoms with Crippen LogP contribution in [0.5, 0.6) is 0 Å². The van der Waals surface area contributed by atoms with Crippen molar-refractivity contribution in [1.82, 2.24) is 27.7 Å². The predicted octanol–water partition coefficient (Wildman–Crippen LogP) is 12.6. The Bertz CT molecular complexity index is 3530. The molecule has 2 radical (unpaired) electrons. The monoisotopic (exact) mass is 1150 g/mol. The summed E-state index contributed by atoms with van der Waals surface area (Å²) in [6.07, 6.45) is 11.1. The van der Waals surface area contributed by atoms with Gasteiger partial charge in [-0.15, -0.1) is 0 Å². The first-order valence-electron chi connectivity index (χ1n) is 29.3. The first kappa shape index (κ1) is 59.6. The minimum Gasteiger partial charge on any atom is -0.384 e.